The molecule has 2 atom stereocenters. The van der Waals surface area contributed by atoms with Gasteiger partial charge in [0.2, 0.25) is 11.8 Å². The highest BCUT2D eigenvalue weighted by Crippen LogP contribution is 2.31. The molecule has 0 bridgehead atoms. The predicted molar refractivity (Wildman–Crippen MR) is 102 cm³/mol. The lowest BCUT2D eigenvalue weighted by molar-refractivity contribution is -0.150. The van der Waals surface area contributed by atoms with E-state index < -0.39 is 18.1 Å². The maximum Gasteiger partial charge on any atom is 0.326 e. The highest BCUT2D eigenvalue weighted by atomic mass is 32.2. The lowest BCUT2D eigenvalue weighted by Gasteiger charge is -2.32. The number of likely N-dealkylation sites (tertiary alicyclic amines) is 1. The van der Waals surface area contributed by atoms with Crippen molar-refractivity contribution in [1.29, 1.82) is 0 Å². The summed E-state index contributed by atoms with van der Waals surface area (Å²) < 4.78 is 0. The van der Waals surface area contributed by atoms with Gasteiger partial charge in [0.05, 0.1) is 6.04 Å². The van der Waals surface area contributed by atoms with Gasteiger partial charge in [-0.25, -0.2) is 4.79 Å². The lowest BCUT2D eigenvalue weighted by Crippen LogP contribution is -2.45. The Morgan fingerprint density at radius 1 is 1.23 bits per heavy atom. The van der Waals surface area contributed by atoms with Crippen molar-refractivity contribution in [2.45, 2.75) is 57.0 Å². The summed E-state index contributed by atoms with van der Waals surface area (Å²) in [5, 5.41) is 12.2. The minimum Gasteiger partial charge on any atom is -0.480 e. The van der Waals surface area contributed by atoms with Crippen LogP contribution in [0.3, 0.4) is 0 Å². The largest absolute Gasteiger partial charge is 0.480 e. The van der Waals surface area contributed by atoms with E-state index in [0.29, 0.717) is 31.8 Å². The molecular formula is C18H31N3O4S. The van der Waals surface area contributed by atoms with Crippen LogP contribution < -0.4 is 11.1 Å². The molecule has 0 aromatic rings. The Labute approximate surface area is 159 Å². The molecule has 0 aromatic carbocycles. The van der Waals surface area contributed by atoms with E-state index in [9.17, 15) is 19.5 Å². The summed E-state index contributed by atoms with van der Waals surface area (Å²) in [6.07, 6.45) is 7.27. The van der Waals surface area contributed by atoms with E-state index in [1.54, 1.807) is 16.7 Å². The highest BCUT2D eigenvalue weighted by Gasteiger charge is 2.38. The van der Waals surface area contributed by atoms with Gasteiger partial charge < -0.3 is 21.1 Å². The van der Waals surface area contributed by atoms with Gasteiger partial charge in [0.25, 0.3) is 0 Å². The number of carbonyl (C=O) groups excluding carboxylic acids is 2. The fourth-order valence-electron chi connectivity index (χ4n) is 3.89. The fraction of sp³-hybridized carbons (Fsp3) is 0.833. The average Bonchev–Trinajstić information content (AvgIpc) is 3.14. The number of amides is 2. The first-order valence-electron chi connectivity index (χ1n) is 9.49. The number of nitrogens with two attached hydrogens (primary N) is 1. The van der Waals surface area contributed by atoms with Gasteiger partial charge >= 0.3 is 5.97 Å². The van der Waals surface area contributed by atoms with E-state index in [1.807, 2.05) is 6.26 Å². The van der Waals surface area contributed by atoms with Gasteiger partial charge in [-0.3, -0.25) is 9.59 Å². The standard InChI is InChI=1S/C18H31N3O4S/c1-26-10-8-14(19)16(22)20-11-12-4-6-13(7-5-12)17(23)21-9-2-3-15(21)18(24)25/h12-15H,2-11,19H2,1H3,(H,20,22)(H,24,25). The Morgan fingerprint density at radius 3 is 2.54 bits per heavy atom. The van der Waals surface area contributed by atoms with E-state index >= 15 is 0 Å². The van der Waals surface area contributed by atoms with Crippen molar-refractivity contribution in [2.75, 3.05) is 25.1 Å². The summed E-state index contributed by atoms with van der Waals surface area (Å²) in [5.41, 5.74) is 5.86. The van der Waals surface area contributed by atoms with Crippen LogP contribution >= 0.6 is 11.8 Å². The van der Waals surface area contributed by atoms with E-state index in [2.05, 4.69) is 5.32 Å². The predicted octanol–water partition coefficient (Wildman–Crippen LogP) is 1.07. The molecule has 2 fully saturated rings. The number of carboxylic acids is 1. The Bertz CT molecular complexity index is 509. The van der Waals surface area contributed by atoms with Crippen LogP contribution in [0.15, 0.2) is 0 Å². The van der Waals surface area contributed by atoms with Gasteiger partial charge in [0, 0.05) is 19.0 Å². The summed E-state index contributed by atoms with van der Waals surface area (Å²) in [5.74, 6) is 0.158. The van der Waals surface area contributed by atoms with Crippen molar-refractivity contribution in [3.63, 3.8) is 0 Å². The smallest absolute Gasteiger partial charge is 0.326 e. The molecule has 8 heteroatoms. The van der Waals surface area contributed by atoms with Crippen molar-refractivity contribution < 1.29 is 19.5 Å². The average molecular weight is 386 g/mol. The van der Waals surface area contributed by atoms with Crippen molar-refractivity contribution in [3.8, 4) is 0 Å². The molecule has 0 aromatic heterocycles. The molecular weight excluding hydrogens is 354 g/mol. The van der Waals surface area contributed by atoms with Crippen molar-refractivity contribution >= 4 is 29.5 Å². The molecule has 1 aliphatic heterocycles. The second-order valence-electron chi connectivity index (χ2n) is 7.38. The van der Waals surface area contributed by atoms with E-state index in [0.717, 1.165) is 37.9 Å². The van der Waals surface area contributed by atoms with Gasteiger partial charge in [-0.1, -0.05) is 0 Å². The monoisotopic (exact) mass is 385 g/mol. The Balaban J connectivity index is 1.72. The molecule has 4 N–H and O–H groups in total. The second-order valence-corrected chi connectivity index (χ2v) is 8.36. The molecule has 2 rings (SSSR count). The molecule has 1 saturated carbocycles. The molecule has 26 heavy (non-hydrogen) atoms. The highest BCUT2D eigenvalue weighted by molar-refractivity contribution is 7.98. The van der Waals surface area contributed by atoms with Crippen LogP contribution in [0.2, 0.25) is 0 Å². The van der Waals surface area contributed by atoms with Crippen LogP contribution in [0.1, 0.15) is 44.9 Å². The number of thioether (sulfide) groups is 1. The van der Waals surface area contributed by atoms with Crippen LogP contribution in [0.25, 0.3) is 0 Å². The zero-order valence-electron chi connectivity index (χ0n) is 15.5. The third-order valence-electron chi connectivity index (χ3n) is 5.55. The Morgan fingerprint density at radius 2 is 1.92 bits per heavy atom. The van der Waals surface area contributed by atoms with Crippen molar-refractivity contribution in [2.24, 2.45) is 17.6 Å². The summed E-state index contributed by atoms with van der Waals surface area (Å²) in [7, 11) is 0. The van der Waals surface area contributed by atoms with E-state index in [-0.39, 0.29) is 17.7 Å². The number of hydrogen-bond donors (Lipinski definition) is 3. The maximum atomic E-state index is 12.7. The Hall–Kier alpha value is -1.28. The van der Waals surface area contributed by atoms with Gasteiger partial charge in [-0.15, -0.1) is 0 Å². The summed E-state index contributed by atoms with van der Waals surface area (Å²) in [4.78, 5) is 37.5. The van der Waals surface area contributed by atoms with Crippen LogP contribution in [-0.2, 0) is 14.4 Å². The molecule has 148 valence electrons. The van der Waals surface area contributed by atoms with Crippen molar-refractivity contribution in [1.82, 2.24) is 10.2 Å². The molecule has 1 aliphatic carbocycles. The first-order valence-corrected chi connectivity index (χ1v) is 10.9. The molecule has 1 saturated heterocycles. The van der Waals surface area contributed by atoms with Gasteiger partial charge in [-0.2, -0.15) is 11.8 Å². The number of rotatable bonds is 8. The topological polar surface area (TPSA) is 113 Å². The van der Waals surface area contributed by atoms with Crippen LogP contribution in [0.4, 0.5) is 0 Å². The number of carboxylic acid groups (broad SMARTS) is 1. The summed E-state index contributed by atoms with van der Waals surface area (Å²) >= 11 is 1.68. The number of nitrogens with zero attached hydrogens (tertiary/aromatic N) is 1. The molecule has 0 radical (unpaired) electrons. The van der Waals surface area contributed by atoms with Gasteiger partial charge in [0.1, 0.15) is 6.04 Å². The van der Waals surface area contributed by atoms with Crippen LogP contribution in [-0.4, -0.2) is 65.0 Å². The molecule has 2 unspecified atom stereocenters. The zero-order chi connectivity index (χ0) is 19.1. The molecule has 7 nitrogen and oxygen atoms in total. The second kappa shape index (κ2) is 10.2. The molecule has 2 aliphatic rings. The maximum absolute atomic E-state index is 12.7. The minimum absolute atomic E-state index is 0.00327. The molecule has 1 heterocycles. The summed E-state index contributed by atoms with van der Waals surface area (Å²) in [6.45, 7) is 1.16. The number of carbonyl (C=O) groups is 3. The third-order valence-corrected chi connectivity index (χ3v) is 6.20. The van der Waals surface area contributed by atoms with Gasteiger partial charge in [-0.05, 0) is 62.9 Å². The number of hydrogen-bond acceptors (Lipinski definition) is 5. The fourth-order valence-corrected chi connectivity index (χ4v) is 4.38. The molecule has 2 amide bonds. The SMILES string of the molecule is CSCCC(N)C(=O)NCC1CCC(C(=O)N2CCCC2C(=O)O)CC1. The minimum atomic E-state index is -0.898. The Kier molecular flexibility index (Phi) is 8.21. The van der Waals surface area contributed by atoms with E-state index in [4.69, 9.17) is 5.73 Å². The van der Waals surface area contributed by atoms with E-state index in [1.165, 1.54) is 0 Å². The normalized spacial score (nSPS) is 27.2. The van der Waals surface area contributed by atoms with Crippen LogP contribution in [0, 0.1) is 11.8 Å². The van der Waals surface area contributed by atoms with Gasteiger partial charge in [0.15, 0.2) is 0 Å². The zero-order valence-corrected chi connectivity index (χ0v) is 16.3. The first-order chi connectivity index (χ1) is 12.4. The number of nitrogens with one attached hydrogen (secondary N) is 1. The summed E-state index contributed by atoms with van der Waals surface area (Å²) in [6, 6.07) is -1.11. The van der Waals surface area contributed by atoms with Crippen LogP contribution in [0.5, 0.6) is 0 Å². The quantitative estimate of drug-likeness (QED) is 0.576. The number of aliphatic carboxylic acids is 1. The lowest BCUT2D eigenvalue weighted by atomic mass is 9.81. The third kappa shape index (κ3) is 5.61. The molecule has 0 spiro atoms. The first kappa shape index (κ1) is 21.0. The van der Waals surface area contributed by atoms with Crippen molar-refractivity contribution in [3.05, 3.63) is 0 Å².